The molecule has 0 unspecified atom stereocenters. The lowest BCUT2D eigenvalue weighted by Gasteiger charge is -1.81. The third-order valence-electron chi connectivity index (χ3n) is 1.02. The quantitative estimate of drug-likeness (QED) is 0.705. The fraction of sp³-hybridized carbons (Fsp3) is 0.889. The maximum atomic E-state index is 10.0. The van der Waals surface area contributed by atoms with E-state index in [-0.39, 0.29) is 26.4 Å². The van der Waals surface area contributed by atoms with Crippen LogP contribution in [-0.2, 0) is 14.6 Å². The van der Waals surface area contributed by atoms with Gasteiger partial charge in [-0.15, -0.1) is 0 Å². The predicted octanol–water partition coefficient (Wildman–Crippen LogP) is 2.31. The minimum atomic E-state index is -2.66. The van der Waals surface area contributed by atoms with Crippen LogP contribution >= 0.6 is 0 Å². The highest BCUT2D eigenvalue weighted by Gasteiger charge is 1.90. The average Bonchev–Trinajstić information content (AvgIpc) is 1.88. The van der Waals surface area contributed by atoms with Gasteiger partial charge in [-0.1, -0.05) is 28.7 Å². The second-order valence-corrected chi connectivity index (χ2v) is 4.70. The Hall–Kier alpha value is -0.380. The van der Waals surface area contributed by atoms with Crippen molar-refractivity contribution in [2.24, 2.45) is 0 Å². The van der Waals surface area contributed by atoms with Crippen molar-refractivity contribution in [1.82, 2.24) is 0 Å². The summed E-state index contributed by atoms with van der Waals surface area (Å²) < 4.78 is 20.0. The van der Waals surface area contributed by atoms with Crippen molar-refractivity contribution in [3.8, 4) is 0 Å². The highest BCUT2D eigenvalue weighted by atomic mass is 32.2. The normalized spacial score (nSPS) is 8.31. The van der Waals surface area contributed by atoms with Crippen molar-refractivity contribution in [2.75, 3.05) is 12.0 Å². The van der Waals surface area contributed by atoms with Crippen molar-refractivity contribution < 1.29 is 13.2 Å². The van der Waals surface area contributed by atoms with E-state index in [0.717, 1.165) is 0 Å². The van der Waals surface area contributed by atoms with Crippen LogP contribution in [0.25, 0.3) is 0 Å². The second kappa shape index (κ2) is 11.6. The third kappa shape index (κ3) is 50.4. The molecule has 0 spiro atoms. The lowest BCUT2D eigenvalue weighted by molar-refractivity contribution is -0.116. The van der Waals surface area contributed by atoms with Crippen LogP contribution in [0.5, 0.6) is 0 Å². The molecule has 13 heavy (non-hydrogen) atoms. The lowest BCUT2D eigenvalue weighted by atomic mass is 10.4. The SMILES string of the molecule is C.C.CCC(C)=O.CCS(C)(=O)=O. The molecule has 3 nitrogen and oxygen atoms in total. The molecule has 0 aliphatic rings. The Morgan fingerprint density at radius 2 is 1.31 bits per heavy atom. The molecule has 0 aromatic rings. The summed E-state index contributed by atoms with van der Waals surface area (Å²) in [5.74, 6) is 0.498. The number of carbonyl (C=O) groups excluding carboxylic acids is 1. The summed E-state index contributed by atoms with van der Waals surface area (Å²) in [6.45, 7) is 5.05. The first-order chi connectivity index (χ1) is 4.83. The molecule has 0 aromatic carbocycles. The van der Waals surface area contributed by atoms with E-state index in [1.54, 1.807) is 13.8 Å². The molecule has 0 heterocycles. The fourth-order valence-electron chi connectivity index (χ4n) is 0. The van der Waals surface area contributed by atoms with Crippen LogP contribution in [0.15, 0.2) is 0 Å². The molecule has 0 amide bonds. The average molecular weight is 212 g/mol. The molecule has 0 saturated heterocycles. The first-order valence-corrected chi connectivity index (χ1v) is 5.56. The molecule has 0 aliphatic carbocycles. The maximum Gasteiger partial charge on any atom is 0.147 e. The summed E-state index contributed by atoms with van der Waals surface area (Å²) in [5.41, 5.74) is 0. The number of sulfone groups is 1. The first kappa shape index (κ1) is 22.9. The van der Waals surface area contributed by atoms with Crippen molar-refractivity contribution in [3.63, 3.8) is 0 Å². The van der Waals surface area contributed by atoms with Gasteiger partial charge in [-0.2, -0.15) is 0 Å². The maximum absolute atomic E-state index is 10.0. The van der Waals surface area contributed by atoms with Gasteiger partial charge in [-0.05, 0) is 6.92 Å². The Bertz CT molecular complexity index is 193. The summed E-state index contributed by atoms with van der Waals surface area (Å²) in [7, 11) is -2.66. The molecule has 4 heteroatoms. The number of Topliss-reactive ketones (excluding diaryl/α,β-unsaturated/α-hetero) is 1. The van der Waals surface area contributed by atoms with Gasteiger partial charge in [0.05, 0.1) is 0 Å². The van der Waals surface area contributed by atoms with Crippen LogP contribution in [0.4, 0.5) is 0 Å². The van der Waals surface area contributed by atoms with E-state index in [4.69, 9.17) is 0 Å². The molecule has 0 radical (unpaired) electrons. The monoisotopic (exact) mass is 212 g/mol. The smallest absolute Gasteiger partial charge is 0.147 e. The van der Waals surface area contributed by atoms with E-state index in [1.807, 2.05) is 6.92 Å². The standard InChI is InChI=1S/C4H8O.C3H8O2S.2CH4/c1-3-4(2)5;1-3-6(2,4)5;;/h3H2,1-2H3;3H2,1-2H3;2*1H4. The van der Waals surface area contributed by atoms with Crippen molar-refractivity contribution in [3.05, 3.63) is 0 Å². The molecule has 0 atom stereocenters. The van der Waals surface area contributed by atoms with Gasteiger partial charge in [0.25, 0.3) is 0 Å². The van der Waals surface area contributed by atoms with Crippen molar-refractivity contribution in [1.29, 1.82) is 0 Å². The highest BCUT2D eigenvalue weighted by Crippen LogP contribution is 1.75. The largest absolute Gasteiger partial charge is 0.300 e. The van der Waals surface area contributed by atoms with Crippen molar-refractivity contribution in [2.45, 2.75) is 42.0 Å². The third-order valence-corrected chi connectivity index (χ3v) is 2.07. The second-order valence-electron chi connectivity index (χ2n) is 2.27. The Balaban J connectivity index is -0.0000000546. The zero-order valence-electron chi connectivity index (χ0n) is 7.55. The highest BCUT2D eigenvalue weighted by molar-refractivity contribution is 7.90. The zero-order chi connectivity index (χ0) is 9.49. The first-order valence-electron chi connectivity index (χ1n) is 3.50. The summed E-state index contributed by atoms with van der Waals surface area (Å²) in [5, 5.41) is 0. The minimum Gasteiger partial charge on any atom is -0.300 e. The zero-order valence-corrected chi connectivity index (χ0v) is 8.36. The van der Waals surface area contributed by atoms with Gasteiger partial charge in [0.15, 0.2) is 0 Å². The molecular weight excluding hydrogens is 188 g/mol. The minimum absolute atomic E-state index is 0. The van der Waals surface area contributed by atoms with Gasteiger partial charge in [-0.3, -0.25) is 0 Å². The van der Waals surface area contributed by atoms with E-state index in [9.17, 15) is 13.2 Å². The molecule has 0 N–H and O–H groups in total. The van der Waals surface area contributed by atoms with Gasteiger partial charge in [0, 0.05) is 18.4 Å². The van der Waals surface area contributed by atoms with Gasteiger partial charge in [-0.25, -0.2) is 8.42 Å². The van der Waals surface area contributed by atoms with E-state index < -0.39 is 9.84 Å². The van der Waals surface area contributed by atoms with Gasteiger partial charge >= 0.3 is 0 Å². The molecule has 0 aliphatic heterocycles. The Morgan fingerprint density at radius 1 is 1.15 bits per heavy atom. The van der Waals surface area contributed by atoms with Crippen LogP contribution in [0.1, 0.15) is 42.0 Å². The van der Waals surface area contributed by atoms with Gasteiger partial charge in [0.1, 0.15) is 15.6 Å². The molecule has 84 valence electrons. The Morgan fingerprint density at radius 3 is 1.31 bits per heavy atom. The van der Waals surface area contributed by atoms with E-state index >= 15 is 0 Å². The van der Waals surface area contributed by atoms with Gasteiger partial charge < -0.3 is 4.79 Å². The summed E-state index contributed by atoms with van der Waals surface area (Å²) >= 11 is 0. The fourth-order valence-corrected chi connectivity index (χ4v) is 0. The predicted molar refractivity (Wildman–Crippen MR) is 59.8 cm³/mol. The van der Waals surface area contributed by atoms with Crippen LogP contribution in [-0.4, -0.2) is 26.2 Å². The molecular formula is C9H24O3S. The Kier molecular flexibility index (Phi) is 20.5. The van der Waals surface area contributed by atoms with Crippen LogP contribution in [0.2, 0.25) is 0 Å². The lowest BCUT2D eigenvalue weighted by Crippen LogP contribution is -1.96. The Labute approximate surface area is 83.5 Å². The molecule has 0 rings (SSSR count). The molecule has 0 bridgehead atoms. The topological polar surface area (TPSA) is 51.2 Å². The summed E-state index contributed by atoms with van der Waals surface area (Å²) in [6.07, 6.45) is 1.88. The van der Waals surface area contributed by atoms with E-state index in [2.05, 4.69) is 0 Å². The number of rotatable bonds is 2. The van der Waals surface area contributed by atoms with Crippen LogP contribution in [0, 0.1) is 0 Å². The molecule has 0 fully saturated rings. The summed E-state index contributed by atoms with van der Waals surface area (Å²) in [6, 6.07) is 0. The molecule has 0 saturated carbocycles. The number of hydrogen-bond donors (Lipinski definition) is 0. The number of ketones is 1. The van der Waals surface area contributed by atoms with E-state index in [0.29, 0.717) is 6.42 Å². The number of carbonyl (C=O) groups is 1. The number of hydrogen-bond acceptors (Lipinski definition) is 3. The van der Waals surface area contributed by atoms with E-state index in [1.165, 1.54) is 6.26 Å². The van der Waals surface area contributed by atoms with Crippen molar-refractivity contribution >= 4 is 15.6 Å². The molecule has 0 aromatic heterocycles. The van der Waals surface area contributed by atoms with Crippen LogP contribution < -0.4 is 0 Å². The van der Waals surface area contributed by atoms with Gasteiger partial charge in [0.2, 0.25) is 0 Å². The van der Waals surface area contributed by atoms with Crippen LogP contribution in [0.3, 0.4) is 0 Å². The summed E-state index contributed by atoms with van der Waals surface area (Å²) in [4.78, 5) is 9.81.